The highest BCUT2D eigenvalue weighted by Gasteiger charge is 2.08. The highest BCUT2D eigenvalue weighted by atomic mass is 127. The smallest absolute Gasteiger partial charge is 0.356 e. The Morgan fingerprint density at radius 3 is 2.92 bits per heavy atom. The first-order valence-corrected chi connectivity index (χ1v) is 4.70. The lowest BCUT2D eigenvalue weighted by Gasteiger charge is -2.02. The lowest BCUT2D eigenvalue weighted by atomic mass is 10.3. The lowest BCUT2D eigenvalue weighted by molar-refractivity contribution is 0.0593. The summed E-state index contributed by atoms with van der Waals surface area (Å²) in [5.41, 5.74) is 6.40. The van der Waals surface area contributed by atoms with Crippen LogP contribution in [0.3, 0.4) is 0 Å². The van der Waals surface area contributed by atoms with Crippen LogP contribution in [0, 0.1) is 3.57 Å². The van der Waals surface area contributed by atoms with Crippen molar-refractivity contribution in [3.8, 4) is 0 Å². The molecule has 1 aromatic rings. The number of aromatic nitrogens is 1. The minimum Gasteiger partial charge on any atom is -0.464 e. The van der Waals surface area contributed by atoms with Crippen molar-refractivity contribution < 1.29 is 9.53 Å². The Morgan fingerprint density at radius 2 is 2.38 bits per heavy atom. The molecule has 1 heterocycles. The zero-order valence-electron chi connectivity index (χ0n) is 7.08. The predicted molar refractivity (Wildman–Crippen MR) is 56.2 cm³/mol. The number of carbonyl (C=O) groups is 1. The number of nitrogens with two attached hydrogens (primary N) is 1. The fourth-order valence-corrected chi connectivity index (χ4v) is 1.52. The SMILES string of the molecule is COC(=O)c1cc(I)cc(CN)n1. The summed E-state index contributed by atoms with van der Waals surface area (Å²) in [7, 11) is 1.33. The van der Waals surface area contributed by atoms with Crippen LogP contribution in [0.5, 0.6) is 0 Å². The summed E-state index contributed by atoms with van der Waals surface area (Å²) in [5.74, 6) is -0.437. The second-order valence-electron chi connectivity index (χ2n) is 2.36. The summed E-state index contributed by atoms with van der Waals surface area (Å²) >= 11 is 2.10. The Hall–Kier alpha value is -0.690. The number of halogens is 1. The molecule has 4 nitrogen and oxygen atoms in total. The fraction of sp³-hybridized carbons (Fsp3) is 0.250. The zero-order valence-corrected chi connectivity index (χ0v) is 9.24. The van der Waals surface area contributed by atoms with E-state index in [4.69, 9.17) is 5.73 Å². The molecule has 0 saturated heterocycles. The summed E-state index contributed by atoms with van der Waals surface area (Å²) < 4.78 is 5.47. The second kappa shape index (κ2) is 4.52. The molecule has 5 heteroatoms. The van der Waals surface area contributed by atoms with E-state index in [0.29, 0.717) is 17.9 Å². The molecule has 0 saturated carbocycles. The van der Waals surface area contributed by atoms with Crippen molar-refractivity contribution in [2.45, 2.75) is 6.54 Å². The van der Waals surface area contributed by atoms with Crippen LogP contribution in [0.1, 0.15) is 16.2 Å². The van der Waals surface area contributed by atoms with E-state index in [1.54, 1.807) is 6.07 Å². The number of hydrogen-bond acceptors (Lipinski definition) is 4. The van der Waals surface area contributed by atoms with Gasteiger partial charge in [-0.1, -0.05) is 0 Å². The molecule has 0 aliphatic heterocycles. The highest BCUT2D eigenvalue weighted by molar-refractivity contribution is 14.1. The van der Waals surface area contributed by atoms with Crippen molar-refractivity contribution in [2.75, 3.05) is 7.11 Å². The van der Waals surface area contributed by atoms with Gasteiger partial charge in [0, 0.05) is 10.1 Å². The Bertz CT molecular complexity index is 328. The minimum atomic E-state index is -0.437. The van der Waals surface area contributed by atoms with Crippen molar-refractivity contribution >= 4 is 28.6 Å². The molecule has 0 fully saturated rings. The van der Waals surface area contributed by atoms with Gasteiger partial charge in [-0.15, -0.1) is 0 Å². The van der Waals surface area contributed by atoms with Crippen LogP contribution in [0.25, 0.3) is 0 Å². The average molecular weight is 292 g/mol. The number of carbonyl (C=O) groups excluding carboxylic acids is 1. The van der Waals surface area contributed by atoms with Gasteiger partial charge < -0.3 is 10.5 Å². The molecule has 1 rings (SSSR count). The monoisotopic (exact) mass is 292 g/mol. The van der Waals surface area contributed by atoms with E-state index in [9.17, 15) is 4.79 Å². The van der Waals surface area contributed by atoms with Crippen LogP contribution in [-0.4, -0.2) is 18.1 Å². The maximum atomic E-state index is 11.1. The topological polar surface area (TPSA) is 65.2 Å². The van der Waals surface area contributed by atoms with E-state index in [-0.39, 0.29) is 0 Å². The van der Waals surface area contributed by atoms with Crippen LogP contribution >= 0.6 is 22.6 Å². The number of esters is 1. The number of pyridine rings is 1. The molecule has 0 aliphatic rings. The first-order chi connectivity index (χ1) is 6.17. The van der Waals surface area contributed by atoms with Gasteiger partial charge in [0.1, 0.15) is 5.69 Å². The average Bonchev–Trinajstić information content (AvgIpc) is 2.15. The summed E-state index contributed by atoms with van der Waals surface area (Å²) in [5, 5.41) is 0. The van der Waals surface area contributed by atoms with Crippen LogP contribution in [0.2, 0.25) is 0 Å². The largest absolute Gasteiger partial charge is 0.464 e. The summed E-state index contributed by atoms with van der Waals surface area (Å²) in [6.45, 7) is 0.320. The number of ether oxygens (including phenoxy) is 1. The molecule has 0 atom stereocenters. The van der Waals surface area contributed by atoms with E-state index in [1.807, 2.05) is 6.07 Å². The van der Waals surface area contributed by atoms with E-state index < -0.39 is 5.97 Å². The quantitative estimate of drug-likeness (QED) is 0.650. The molecule has 2 N–H and O–H groups in total. The number of methoxy groups -OCH3 is 1. The van der Waals surface area contributed by atoms with Gasteiger partial charge >= 0.3 is 5.97 Å². The minimum absolute atomic E-state index is 0.301. The van der Waals surface area contributed by atoms with Gasteiger partial charge in [0.15, 0.2) is 0 Å². The zero-order chi connectivity index (χ0) is 9.84. The maximum absolute atomic E-state index is 11.1. The molecule has 0 unspecified atom stereocenters. The Morgan fingerprint density at radius 1 is 1.69 bits per heavy atom. The number of nitrogens with zero attached hydrogens (tertiary/aromatic N) is 1. The van der Waals surface area contributed by atoms with E-state index in [1.165, 1.54) is 7.11 Å². The number of hydrogen-bond donors (Lipinski definition) is 1. The molecule has 1 aromatic heterocycles. The number of rotatable bonds is 2. The molecule has 0 aromatic carbocycles. The lowest BCUT2D eigenvalue weighted by Crippen LogP contribution is -2.09. The van der Waals surface area contributed by atoms with E-state index in [2.05, 4.69) is 32.3 Å². The summed E-state index contributed by atoms with van der Waals surface area (Å²) in [4.78, 5) is 15.1. The Kier molecular flexibility index (Phi) is 3.61. The summed E-state index contributed by atoms with van der Waals surface area (Å²) in [6, 6.07) is 3.48. The molecule has 0 bridgehead atoms. The highest BCUT2D eigenvalue weighted by Crippen LogP contribution is 2.09. The first-order valence-electron chi connectivity index (χ1n) is 3.62. The third-order valence-corrected chi connectivity index (χ3v) is 2.07. The van der Waals surface area contributed by atoms with Gasteiger partial charge in [-0.05, 0) is 34.7 Å². The Balaban J connectivity index is 3.08. The molecule has 0 spiro atoms. The standard InChI is InChI=1S/C8H9IN2O2/c1-13-8(12)7-3-5(9)2-6(4-10)11-7/h2-3H,4,10H2,1H3. The molecular formula is C8H9IN2O2. The molecule has 70 valence electrons. The third-order valence-electron chi connectivity index (χ3n) is 1.45. The third kappa shape index (κ3) is 2.63. The van der Waals surface area contributed by atoms with Crippen molar-refractivity contribution in [1.82, 2.24) is 4.98 Å². The first kappa shape index (κ1) is 10.4. The van der Waals surface area contributed by atoms with E-state index >= 15 is 0 Å². The van der Waals surface area contributed by atoms with Crippen LogP contribution < -0.4 is 5.73 Å². The van der Waals surface area contributed by atoms with Crippen molar-refractivity contribution in [2.24, 2.45) is 5.73 Å². The fourth-order valence-electron chi connectivity index (χ4n) is 0.864. The van der Waals surface area contributed by atoms with Crippen molar-refractivity contribution in [1.29, 1.82) is 0 Å². The van der Waals surface area contributed by atoms with Crippen LogP contribution in [0.15, 0.2) is 12.1 Å². The Labute approximate surface area is 89.6 Å². The van der Waals surface area contributed by atoms with Crippen molar-refractivity contribution in [3.63, 3.8) is 0 Å². The van der Waals surface area contributed by atoms with Gasteiger partial charge in [-0.3, -0.25) is 0 Å². The van der Waals surface area contributed by atoms with E-state index in [0.717, 1.165) is 3.57 Å². The van der Waals surface area contributed by atoms with Gasteiger partial charge in [-0.2, -0.15) is 0 Å². The predicted octanol–water partition coefficient (Wildman–Crippen LogP) is 0.931. The second-order valence-corrected chi connectivity index (χ2v) is 3.60. The molecular weight excluding hydrogens is 283 g/mol. The van der Waals surface area contributed by atoms with Crippen LogP contribution in [-0.2, 0) is 11.3 Å². The van der Waals surface area contributed by atoms with Gasteiger partial charge in [-0.25, -0.2) is 9.78 Å². The normalized spacial score (nSPS) is 9.77. The van der Waals surface area contributed by atoms with Gasteiger partial charge in [0.25, 0.3) is 0 Å². The van der Waals surface area contributed by atoms with Crippen molar-refractivity contribution in [3.05, 3.63) is 27.1 Å². The van der Waals surface area contributed by atoms with Gasteiger partial charge in [0.05, 0.1) is 12.8 Å². The summed E-state index contributed by atoms with van der Waals surface area (Å²) in [6.07, 6.45) is 0. The maximum Gasteiger partial charge on any atom is 0.356 e. The molecule has 0 radical (unpaired) electrons. The molecule has 0 aliphatic carbocycles. The van der Waals surface area contributed by atoms with Gasteiger partial charge in [0.2, 0.25) is 0 Å². The molecule has 13 heavy (non-hydrogen) atoms. The van der Waals surface area contributed by atoms with Crippen LogP contribution in [0.4, 0.5) is 0 Å². The molecule has 0 amide bonds.